The maximum atomic E-state index is 12.5. The minimum Gasteiger partial charge on any atom is -0.312 e. The van der Waals surface area contributed by atoms with Crippen LogP contribution in [0.5, 0.6) is 0 Å². The molecular weight excluding hydrogens is 352 g/mol. The third-order valence-electron chi connectivity index (χ3n) is 4.45. The van der Waals surface area contributed by atoms with Crippen molar-refractivity contribution < 1.29 is 14.5 Å². The highest BCUT2D eigenvalue weighted by Gasteiger charge is 2.26. The van der Waals surface area contributed by atoms with Gasteiger partial charge in [-0.15, -0.1) is 11.8 Å². The van der Waals surface area contributed by atoms with Gasteiger partial charge in [-0.1, -0.05) is 18.2 Å². The Morgan fingerprint density at radius 1 is 1.15 bits per heavy atom. The maximum absolute atomic E-state index is 12.5. The molecule has 3 rings (SSSR count). The molecule has 0 atom stereocenters. The van der Waals surface area contributed by atoms with Crippen LogP contribution in [0.3, 0.4) is 0 Å². The first-order valence-corrected chi connectivity index (χ1v) is 9.47. The number of nitrogens with zero attached hydrogens (tertiary/aromatic N) is 2. The number of Topliss-reactive ketones (excluding diaryl/α,β-unsaturated/α-hetero) is 1. The van der Waals surface area contributed by atoms with Crippen LogP contribution in [0, 0.1) is 10.1 Å². The number of hydrogen-bond acceptors (Lipinski definition) is 5. The van der Waals surface area contributed by atoms with Crippen molar-refractivity contribution >= 4 is 34.8 Å². The lowest BCUT2D eigenvalue weighted by molar-refractivity contribution is -0.384. The van der Waals surface area contributed by atoms with E-state index in [1.807, 2.05) is 18.4 Å². The van der Waals surface area contributed by atoms with E-state index in [9.17, 15) is 19.7 Å². The van der Waals surface area contributed by atoms with E-state index < -0.39 is 4.92 Å². The molecule has 1 heterocycles. The number of nitro benzene ring substituents is 1. The molecule has 1 amide bonds. The average Bonchev–Trinajstić information content (AvgIpc) is 3.09. The topological polar surface area (TPSA) is 80.5 Å². The molecule has 1 aliphatic heterocycles. The maximum Gasteiger partial charge on any atom is 0.271 e. The number of hydrogen-bond donors (Lipinski definition) is 0. The zero-order valence-corrected chi connectivity index (χ0v) is 15.1. The molecule has 2 aromatic rings. The van der Waals surface area contributed by atoms with Crippen molar-refractivity contribution in [2.45, 2.75) is 24.2 Å². The van der Waals surface area contributed by atoms with Gasteiger partial charge in [0.2, 0.25) is 5.91 Å². The standard InChI is InChI=1S/C19H18N2O4S/c1-26-16-6-3-14(4-7-16)18(22)8-9-19(23)20-11-10-13-2-5-15(21(24)25)12-17(13)20/h2-7,12H,8-11H2,1H3. The number of carbonyl (C=O) groups is 2. The fourth-order valence-corrected chi connectivity index (χ4v) is 3.43. The van der Waals surface area contributed by atoms with E-state index in [-0.39, 0.29) is 30.2 Å². The summed E-state index contributed by atoms with van der Waals surface area (Å²) in [6.45, 7) is 0.492. The molecule has 0 fully saturated rings. The molecule has 134 valence electrons. The van der Waals surface area contributed by atoms with Crippen molar-refractivity contribution in [3.05, 3.63) is 63.7 Å². The lowest BCUT2D eigenvalue weighted by Gasteiger charge is -2.17. The van der Waals surface area contributed by atoms with E-state index in [0.29, 0.717) is 24.2 Å². The molecule has 0 aliphatic carbocycles. The highest BCUT2D eigenvalue weighted by molar-refractivity contribution is 7.98. The Kier molecular flexibility index (Phi) is 5.37. The molecule has 6 nitrogen and oxygen atoms in total. The molecule has 0 bridgehead atoms. The third-order valence-corrected chi connectivity index (χ3v) is 5.20. The van der Waals surface area contributed by atoms with Gasteiger partial charge in [0.05, 0.1) is 10.6 Å². The lowest BCUT2D eigenvalue weighted by Crippen LogP contribution is -2.29. The Hall–Kier alpha value is -2.67. The summed E-state index contributed by atoms with van der Waals surface area (Å²) in [5.74, 6) is -0.261. The summed E-state index contributed by atoms with van der Waals surface area (Å²) in [6.07, 6.45) is 2.85. The SMILES string of the molecule is CSc1ccc(C(=O)CCC(=O)N2CCc3ccc([N+](=O)[O-])cc32)cc1. The van der Waals surface area contributed by atoms with Gasteiger partial charge < -0.3 is 4.90 Å². The van der Waals surface area contributed by atoms with E-state index in [1.54, 1.807) is 34.9 Å². The zero-order chi connectivity index (χ0) is 18.7. The number of nitro groups is 1. The first-order valence-electron chi connectivity index (χ1n) is 8.24. The van der Waals surface area contributed by atoms with Crippen LogP contribution in [-0.2, 0) is 11.2 Å². The van der Waals surface area contributed by atoms with Crippen molar-refractivity contribution in [2.75, 3.05) is 17.7 Å². The molecule has 0 unspecified atom stereocenters. The summed E-state index contributed by atoms with van der Waals surface area (Å²) in [4.78, 5) is 37.9. The Morgan fingerprint density at radius 2 is 1.88 bits per heavy atom. The molecule has 0 saturated carbocycles. The van der Waals surface area contributed by atoms with E-state index >= 15 is 0 Å². The van der Waals surface area contributed by atoms with Crippen molar-refractivity contribution in [2.24, 2.45) is 0 Å². The number of rotatable bonds is 6. The molecule has 26 heavy (non-hydrogen) atoms. The highest BCUT2D eigenvalue weighted by atomic mass is 32.2. The largest absolute Gasteiger partial charge is 0.312 e. The van der Waals surface area contributed by atoms with Gasteiger partial charge in [0.1, 0.15) is 0 Å². The normalized spacial score (nSPS) is 12.7. The van der Waals surface area contributed by atoms with Crippen molar-refractivity contribution in [1.29, 1.82) is 0 Å². The Balaban J connectivity index is 1.65. The van der Waals surface area contributed by atoms with Crippen LogP contribution in [0.4, 0.5) is 11.4 Å². The van der Waals surface area contributed by atoms with E-state index in [1.165, 1.54) is 12.1 Å². The monoisotopic (exact) mass is 370 g/mol. The Bertz CT molecular complexity index is 864. The quantitative estimate of drug-likeness (QED) is 0.334. The summed E-state index contributed by atoms with van der Waals surface area (Å²) in [5, 5.41) is 11.0. The molecule has 0 N–H and O–H groups in total. The summed E-state index contributed by atoms with van der Waals surface area (Å²) in [7, 11) is 0. The smallest absolute Gasteiger partial charge is 0.271 e. The molecule has 0 saturated heterocycles. The number of benzene rings is 2. The van der Waals surface area contributed by atoms with Crippen LogP contribution in [-0.4, -0.2) is 29.4 Å². The van der Waals surface area contributed by atoms with Gasteiger partial charge in [-0.25, -0.2) is 0 Å². The van der Waals surface area contributed by atoms with Crippen LogP contribution in [0.25, 0.3) is 0 Å². The van der Waals surface area contributed by atoms with E-state index in [0.717, 1.165) is 10.5 Å². The zero-order valence-electron chi connectivity index (χ0n) is 14.3. The van der Waals surface area contributed by atoms with Gasteiger partial charge >= 0.3 is 0 Å². The minimum absolute atomic E-state index is 0.0339. The number of non-ortho nitro benzene ring substituents is 1. The summed E-state index contributed by atoms with van der Waals surface area (Å²) >= 11 is 1.60. The van der Waals surface area contributed by atoms with Crippen LogP contribution >= 0.6 is 11.8 Å². The van der Waals surface area contributed by atoms with Gasteiger partial charge in [0.25, 0.3) is 5.69 Å². The molecule has 1 aliphatic rings. The lowest BCUT2D eigenvalue weighted by atomic mass is 10.1. The number of ketones is 1. The number of amides is 1. The predicted octanol–water partition coefficient (Wildman–Crippen LogP) is 3.87. The van der Waals surface area contributed by atoms with Crippen molar-refractivity contribution in [3.8, 4) is 0 Å². The number of anilines is 1. The molecule has 0 aromatic heterocycles. The number of thioether (sulfide) groups is 1. The second-order valence-corrected chi connectivity index (χ2v) is 6.90. The van der Waals surface area contributed by atoms with Gasteiger partial charge in [-0.05, 0) is 30.4 Å². The molecular formula is C19H18N2O4S. The number of carbonyl (C=O) groups excluding carboxylic acids is 2. The predicted molar refractivity (Wildman–Crippen MR) is 101 cm³/mol. The summed E-state index contributed by atoms with van der Waals surface area (Å²) < 4.78 is 0. The number of fused-ring (bicyclic) bond motifs is 1. The van der Waals surface area contributed by atoms with Gasteiger partial charge in [0, 0.05) is 42.0 Å². The summed E-state index contributed by atoms with van der Waals surface area (Å²) in [5.41, 5.74) is 2.06. The fourth-order valence-electron chi connectivity index (χ4n) is 3.02. The van der Waals surface area contributed by atoms with Gasteiger partial charge in [0.15, 0.2) is 5.78 Å². The molecule has 0 spiro atoms. The van der Waals surface area contributed by atoms with Crippen molar-refractivity contribution in [1.82, 2.24) is 0 Å². The van der Waals surface area contributed by atoms with Crippen LogP contribution in [0.2, 0.25) is 0 Å². The van der Waals surface area contributed by atoms with Crippen LogP contribution in [0.1, 0.15) is 28.8 Å². The average molecular weight is 370 g/mol. The Labute approximate surface area is 155 Å². The fraction of sp³-hybridized carbons (Fsp3) is 0.263. The molecule has 0 radical (unpaired) electrons. The van der Waals surface area contributed by atoms with Crippen LogP contribution < -0.4 is 4.90 Å². The van der Waals surface area contributed by atoms with E-state index in [4.69, 9.17) is 0 Å². The van der Waals surface area contributed by atoms with Gasteiger partial charge in [-0.3, -0.25) is 19.7 Å². The third kappa shape index (κ3) is 3.77. The minimum atomic E-state index is -0.469. The first-order chi connectivity index (χ1) is 12.5. The van der Waals surface area contributed by atoms with E-state index in [2.05, 4.69) is 0 Å². The Morgan fingerprint density at radius 3 is 2.54 bits per heavy atom. The van der Waals surface area contributed by atoms with Gasteiger partial charge in [-0.2, -0.15) is 0 Å². The van der Waals surface area contributed by atoms with Crippen molar-refractivity contribution in [3.63, 3.8) is 0 Å². The second-order valence-electron chi connectivity index (χ2n) is 6.02. The van der Waals surface area contributed by atoms with Crippen LogP contribution in [0.15, 0.2) is 47.4 Å². The molecule has 2 aromatic carbocycles. The second kappa shape index (κ2) is 7.70. The highest BCUT2D eigenvalue weighted by Crippen LogP contribution is 2.32. The summed E-state index contributed by atoms with van der Waals surface area (Å²) in [6, 6.07) is 11.9. The molecule has 7 heteroatoms. The first kappa shape index (κ1) is 18.1.